The number of ether oxygens (including phenoxy) is 2. The van der Waals surface area contributed by atoms with Crippen LogP contribution in [0.25, 0.3) is 0 Å². The number of rotatable bonds is 10. The molecule has 0 atom stereocenters. The lowest BCUT2D eigenvalue weighted by Gasteiger charge is -2.16. The molecule has 0 aromatic carbocycles. The summed E-state index contributed by atoms with van der Waals surface area (Å²) in [4.78, 5) is 0. The zero-order valence-corrected chi connectivity index (χ0v) is 10.1. The highest BCUT2D eigenvalue weighted by atomic mass is 16.7. The van der Waals surface area contributed by atoms with Crippen LogP contribution < -0.4 is 0 Å². The molecule has 2 heteroatoms. The van der Waals surface area contributed by atoms with E-state index >= 15 is 0 Å². The van der Waals surface area contributed by atoms with Gasteiger partial charge in [-0.15, -0.1) is 0 Å². The zero-order chi connectivity index (χ0) is 11.4. The molecule has 0 fully saturated rings. The summed E-state index contributed by atoms with van der Waals surface area (Å²) in [7, 11) is 0. The minimum absolute atomic E-state index is 0.0108. The predicted molar refractivity (Wildman–Crippen MR) is 64.8 cm³/mol. The van der Waals surface area contributed by atoms with Gasteiger partial charge in [0.15, 0.2) is 6.29 Å². The average Bonchev–Trinajstić information content (AvgIpc) is 2.24. The number of hydrogen-bond donors (Lipinski definition) is 0. The van der Waals surface area contributed by atoms with Crippen LogP contribution in [0.2, 0.25) is 0 Å². The van der Waals surface area contributed by atoms with E-state index in [1.807, 2.05) is 26.0 Å². The summed E-state index contributed by atoms with van der Waals surface area (Å²) in [5.74, 6) is 0. The number of hydrogen-bond acceptors (Lipinski definition) is 2. The molecule has 0 bridgehead atoms. The minimum Gasteiger partial charge on any atom is -0.353 e. The Bertz CT molecular complexity index is 158. The Morgan fingerprint density at radius 3 is 2.33 bits per heavy atom. The van der Waals surface area contributed by atoms with E-state index in [0.717, 1.165) is 32.5 Å². The monoisotopic (exact) mass is 212 g/mol. The lowest BCUT2D eigenvalue weighted by molar-refractivity contribution is -0.140. The summed E-state index contributed by atoms with van der Waals surface area (Å²) in [6.07, 6.45) is 10.4. The van der Waals surface area contributed by atoms with E-state index in [1.165, 1.54) is 6.42 Å². The Morgan fingerprint density at radius 2 is 1.80 bits per heavy atom. The molecular weight excluding hydrogens is 188 g/mol. The topological polar surface area (TPSA) is 18.5 Å². The Balaban J connectivity index is 3.43. The second-order valence-corrected chi connectivity index (χ2v) is 3.29. The van der Waals surface area contributed by atoms with Crippen LogP contribution in [0.3, 0.4) is 0 Å². The van der Waals surface area contributed by atoms with Gasteiger partial charge < -0.3 is 9.47 Å². The molecule has 0 aliphatic rings. The summed E-state index contributed by atoms with van der Waals surface area (Å²) in [6, 6.07) is 0. The molecule has 0 aliphatic carbocycles. The normalized spacial score (nSPS) is 11.4. The first-order valence-corrected chi connectivity index (χ1v) is 5.85. The molecule has 0 rings (SSSR count). The van der Waals surface area contributed by atoms with Crippen LogP contribution in [0, 0.1) is 0 Å². The van der Waals surface area contributed by atoms with Crippen molar-refractivity contribution in [1.82, 2.24) is 0 Å². The van der Waals surface area contributed by atoms with E-state index in [4.69, 9.17) is 9.47 Å². The Hall–Kier alpha value is -0.600. The van der Waals surface area contributed by atoms with Gasteiger partial charge in [0.05, 0.1) is 0 Å². The van der Waals surface area contributed by atoms with Crippen molar-refractivity contribution < 1.29 is 9.47 Å². The van der Waals surface area contributed by atoms with Gasteiger partial charge in [-0.3, -0.25) is 0 Å². The van der Waals surface area contributed by atoms with Gasteiger partial charge in [-0.25, -0.2) is 0 Å². The molecule has 0 amide bonds. The van der Waals surface area contributed by atoms with Crippen molar-refractivity contribution in [2.75, 3.05) is 13.2 Å². The molecule has 0 aliphatic heterocycles. The first-order valence-electron chi connectivity index (χ1n) is 5.85. The smallest absolute Gasteiger partial charge is 0.157 e. The van der Waals surface area contributed by atoms with Gasteiger partial charge >= 0.3 is 0 Å². The molecule has 0 unspecified atom stereocenters. The fourth-order valence-electron chi connectivity index (χ4n) is 1.35. The molecule has 0 radical (unpaired) electrons. The minimum atomic E-state index is -0.0108. The largest absolute Gasteiger partial charge is 0.353 e. The van der Waals surface area contributed by atoms with Crippen molar-refractivity contribution in [3.63, 3.8) is 0 Å². The van der Waals surface area contributed by atoms with E-state index < -0.39 is 0 Å². The van der Waals surface area contributed by atoms with E-state index in [2.05, 4.69) is 12.7 Å². The quantitative estimate of drug-likeness (QED) is 0.312. The van der Waals surface area contributed by atoms with Crippen LogP contribution in [-0.4, -0.2) is 19.5 Å². The second kappa shape index (κ2) is 11.5. The summed E-state index contributed by atoms with van der Waals surface area (Å²) in [6.45, 7) is 9.07. The SMILES string of the molecule is C=C/C=C/CCCCC(OCC)OCC. The van der Waals surface area contributed by atoms with Crippen molar-refractivity contribution >= 4 is 0 Å². The van der Waals surface area contributed by atoms with Gasteiger partial charge in [0.25, 0.3) is 0 Å². The number of unbranched alkanes of at least 4 members (excludes halogenated alkanes) is 2. The fraction of sp³-hybridized carbons (Fsp3) is 0.692. The van der Waals surface area contributed by atoms with Crippen LogP contribution in [-0.2, 0) is 9.47 Å². The maximum atomic E-state index is 5.45. The van der Waals surface area contributed by atoms with Crippen molar-refractivity contribution in [3.05, 3.63) is 24.8 Å². The molecule has 0 spiro atoms. The maximum absolute atomic E-state index is 5.45. The second-order valence-electron chi connectivity index (χ2n) is 3.29. The summed E-state index contributed by atoms with van der Waals surface area (Å²) < 4.78 is 10.9. The van der Waals surface area contributed by atoms with Crippen LogP contribution in [0.15, 0.2) is 24.8 Å². The predicted octanol–water partition coefficient (Wildman–Crippen LogP) is 3.69. The maximum Gasteiger partial charge on any atom is 0.157 e. The molecule has 0 saturated heterocycles. The van der Waals surface area contributed by atoms with Gasteiger partial charge in [0.2, 0.25) is 0 Å². The number of allylic oxidation sites excluding steroid dienone is 3. The van der Waals surface area contributed by atoms with Crippen molar-refractivity contribution in [2.24, 2.45) is 0 Å². The van der Waals surface area contributed by atoms with Gasteiger partial charge in [0.1, 0.15) is 0 Å². The van der Waals surface area contributed by atoms with Gasteiger partial charge in [-0.1, -0.05) is 24.8 Å². The third-order valence-corrected chi connectivity index (χ3v) is 2.04. The van der Waals surface area contributed by atoms with Crippen molar-refractivity contribution in [1.29, 1.82) is 0 Å². The molecule has 0 aromatic rings. The molecule has 15 heavy (non-hydrogen) atoms. The highest BCUT2D eigenvalue weighted by molar-refractivity contribution is 4.96. The standard InChI is InChI=1S/C13H24O2/c1-4-7-8-9-10-11-12-13(14-5-2)15-6-3/h4,7-8,13H,1,5-6,9-12H2,2-3H3/b8-7+. The molecular formula is C13H24O2. The van der Waals surface area contributed by atoms with E-state index in [-0.39, 0.29) is 6.29 Å². The highest BCUT2D eigenvalue weighted by Crippen LogP contribution is 2.08. The summed E-state index contributed by atoms with van der Waals surface area (Å²) >= 11 is 0. The van der Waals surface area contributed by atoms with Crippen LogP contribution in [0.1, 0.15) is 39.5 Å². The van der Waals surface area contributed by atoms with Crippen LogP contribution >= 0.6 is 0 Å². The first-order chi connectivity index (χ1) is 7.35. The molecule has 0 heterocycles. The molecule has 2 nitrogen and oxygen atoms in total. The molecule has 0 aromatic heterocycles. The Kier molecular flexibility index (Phi) is 11.0. The van der Waals surface area contributed by atoms with E-state index in [9.17, 15) is 0 Å². The Morgan fingerprint density at radius 1 is 1.13 bits per heavy atom. The van der Waals surface area contributed by atoms with E-state index in [1.54, 1.807) is 0 Å². The lowest BCUT2D eigenvalue weighted by Crippen LogP contribution is -2.17. The average molecular weight is 212 g/mol. The van der Waals surface area contributed by atoms with Crippen LogP contribution in [0.5, 0.6) is 0 Å². The van der Waals surface area contributed by atoms with Gasteiger partial charge in [0, 0.05) is 13.2 Å². The van der Waals surface area contributed by atoms with Crippen LogP contribution in [0.4, 0.5) is 0 Å². The molecule has 0 N–H and O–H groups in total. The molecule has 88 valence electrons. The third kappa shape index (κ3) is 9.70. The van der Waals surface area contributed by atoms with E-state index in [0.29, 0.717) is 0 Å². The molecule has 0 saturated carbocycles. The Labute approximate surface area is 94.0 Å². The van der Waals surface area contributed by atoms with Gasteiger partial charge in [-0.2, -0.15) is 0 Å². The zero-order valence-electron chi connectivity index (χ0n) is 10.1. The van der Waals surface area contributed by atoms with Crippen molar-refractivity contribution in [2.45, 2.75) is 45.8 Å². The highest BCUT2D eigenvalue weighted by Gasteiger charge is 2.06. The third-order valence-electron chi connectivity index (χ3n) is 2.04. The summed E-state index contributed by atoms with van der Waals surface area (Å²) in [5, 5.41) is 0. The van der Waals surface area contributed by atoms with Crippen molar-refractivity contribution in [3.8, 4) is 0 Å². The first kappa shape index (κ1) is 14.4. The fourth-order valence-corrected chi connectivity index (χ4v) is 1.35. The van der Waals surface area contributed by atoms with Gasteiger partial charge in [-0.05, 0) is 39.5 Å². The summed E-state index contributed by atoms with van der Waals surface area (Å²) in [5.41, 5.74) is 0. The lowest BCUT2D eigenvalue weighted by atomic mass is 10.2.